The lowest BCUT2D eigenvalue weighted by molar-refractivity contribution is 0.172. The zero-order valence-electron chi connectivity index (χ0n) is 15.3. The Morgan fingerprint density at radius 3 is 1.67 bits per heavy atom. The molecule has 0 radical (unpaired) electrons. The zero-order valence-corrected chi connectivity index (χ0v) is 16.2. The van der Waals surface area contributed by atoms with Crippen molar-refractivity contribution in [2.45, 2.75) is 20.1 Å². The molecule has 0 amide bonds. The highest BCUT2D eigenvalue weighted by molar-refractivity contribution is 7.53. The van der Waals surface area contributed by atoms with Crippen molar-refractivity contribution in [3.05, 3.63) is 102 Å². The monoisotopic (exact) mass is 382 g/mol. The molecule has 0 heterocycles. The van der Waals surface area contributed by atoms with E-state index in [1.54, 1.807) is 0 Å². The van der Waals surface area contributed by atoms with Crippen molar-refractivity contribution in [2.75, 3.05) is 6.35 Å². The van der Waals surface area contributed by atoms with E-state index in [2.05, 4.69) is 0 Å². The average molecular weight is 382 g/mol. The number of ether oxygens (including phenoxy) is 1. The molecule has 0 aliphatic heterocycles. The maximum atomic E-state index is 13.2. The first-order valence-corrected chi connectivity index (χ1v) is 10.5. The summed E-state index contributed by atoms with van der Waals surface area (Å²) in [6.45, 7) is 2.40. The largest absolute Gasteiger partial charge is 0.481 e. The van der Waals surface area contributed by atoms with Crippen LogP contribution in [0.3, 0.4) is 0 Å². The topological polar surface area (TPSA) is 44.8 Å². The number of hydrogen-bond acceptors (Lipinski definition) is 4. The molecule has 0 aromatic heterocycles. The van der Waals surface area contributed by atoms with Gasteiger partial charge in [-0.1, -0.05) is 78.4 Å². The molecule has 3 aromatic rings. The van der Waals surface area contributed by atoms with Gasteiger partial charge in [0.1, 0.15) is 5.75 Å². The third kappa shape index (κ3) is 6.37. The van der Waals surface area contributed by atoms with Crippen LogP contribution in [-0.4, -0.2) is 6.35 Å². The van der Waals surface area contributed by atoms with E-state index in [9.17, 15) is 4.57 Å². The first kappa shape index (κ1) is 19.4. The summed E-state index contributed by atoms with van der Waals surface area (Å²) in [4.78, 5) is 0. The summed E-state index contributed by atoms with van der Waals surface area (Å²) in [7, 11) is -3.45. The number of benzene rings is 3. The van der Waals surface area contributed by atoms with Gasteiger partial charge in [-0.2, -0.15) is 0 Å². The van der Waals surface area contributed by atoms with Gasteiger partial charge < -0.3 is 13.8 Å². The summed E-state index contributed by atoms with van der Waals surface area (Å²) in [6, 6.07) is 26.7. The molecule has 3 aromatic carbocycles. The molecule has 140 valence electrons. The van der Waals surface area contributed by atoms with Gasteiger partial charge in [0.15, 0.2) is 6.35 Å². The Kier molecular flexibility index (Phi) is 6.83. The standard InChI is InChI=1S/C22H23O4P/c1-19-12-14-22(15-13-19)24-18-27(23,25-16-20-8-4-2-5-9-20)26-17-21-10-6-3-7-11-21/h2-15H,16-18H2,1H3. The Labute approximate surface area is 160 Å². The summed E-state index contributed by atoms with van der Waals surface area (Å²) in [5.41, 5.74) is 2.99. The summed E-state index contributed by atoms with van der Waals surface area (Å²) in [5, 5.41) is 0. The van der Waals surface area contributed by atoms with Crippen LogP contribution < -0.4 is 4.74 Å². The van der Waals surface area contributed by atoms with E-state index in [0.717, 1.165) is 16.7 Å². The molecule has 0 spiro atoms. The van der Waals surface area contributed by atoms with Crippen molar-refractivity contribution in [3.8, 4) is 5.75 Å². The number of aryl methyl sites for hydroxylation is 1. The van der Waals surface area contributed by atoms with Crippen molar-refractivity contribution in [1.29, 1.82) is 0 Å². The second kappa shape index (κ2) is 9.52. The van der Waals surface area contributed by atoms with Crippen LogP contribution in [0.5, 0.6) is 5.75 Å². The van der Waals surface area contributed by atoms with Crippen molar-refractivity contribution < 1.29 is 18.3 Å². The predicted molar refractivity (Wildman–Crippen MR) is 107 cm³/mol. The Bertz CT molecular complexity index is 816. The van der Waals surface area contributed by atoms with Crippen LogP contribution in [0, 0.1) is 6.92 Å². The SMILES string of the molecule is Cc1ccc(OCP(=O)(OCc2ccccc2)OCc2ccccc2)cc1. The molecule has 0 saturated carbocycles. The minimum Gasteiger partial charge on any atom is -0.481 e. The second-order valence-electron chi connectivity index (χ2n) is 6.22. The van der Waals surface area contributed by atoms with E-state index >= 15 is 0 Å². The minimum absolute atomic E-state index is 0.143. The highest BCUT2D eigenvalue weighted by Gasteiger charge is 2.26. The van der Waals surface area contributed by atoms with Crippen molar-refractivity contribution >= 4 is 7.60 Å². The molecule has 0 bridgehead atoms. The van der Waals surface area contributed by atoms with E-state index in [4.69, 9.17) is 13.8 Å². The lowest BCUT2D eigenvalue weighted by atomic mass is 10.2. The van der Waals surface area contributed by atoms with Crippen molar-refractivity contribution in [3.63, 3.8) is 0 Å². The molecule has 0 unspecified atom stereocenters. The molecule has 4 nitrogen and oxygen atoms in total. The number of hydrogen-bond donors (Lipinski definition) is 0. The second-order valence-corrected chi connectivity index (χ2v) is 8.21. The van der Waals surface area contributed by atoms with Crippen LogP contribution in [0.1, 0.15) is 16.7 Å². The van der Waals surface area contributed by atoms with Gasteiger partial charge in [0.2, 0.25) is 0 Å². The molecule has 0 fully saturated rings. The van der Waals surface area contributed by atoms with E-state index in [0.29, 0.717) is 5.75 Å². The van der Waals surface area contributed by atoms with Crippen LogP contribution >= 0.6 is 7.60 Å². The third-order valence-corrected chi connectivity index (χ3v) is 5.44. The van der Waals surface area contributed by atoms with Gasteiger partial charge in [-0.3, -0.25) is 4.57 Å². The van der Waals surface area contributed by atoms with Crippen LogP contribution in [0.4, 0.5) is 0 Å². The van der Waals surface area contributed by atoms with Gasteiger partial charge in [-0.05, 0) is 30.2 Å². The normalized spacial score (nSPS) is 11.3. The summed E-state index contributed by atoms with van der Waals surface area (Å²) in [6.07, 6.45) is -0.143. The van der Waals surface area contributed by atoms with Gasteiger partial charge in [0.05, 0.1) is 13.2 Å². The smallest absolute Gasteiger partial charge is 0.368 e. The van der Waals surface area contributed by atoms with Gasteiger partial charge in [0.25, 0.3) is 0 Å². The summed E-state index contributed by atoms with van der Waals surface area (Å²) in [5.74, 6) is 0.632. The van der Waals surface area contributed by atoms with E-state index < -0.39 is 7.60 Å². The third-order valence-electron chi connectivity index (χ3n) is 3.95. The minimum atomic E-state index is -3.45. The average Bonchev–Trinajstić information content (AvgIpc) is 2.72. The van der Waals surface area contributed by atoms with Gasteiger partial charge in [0, 0.05) is 0 Å². The molecule has 0 aliphatic carbocycles. The Morgan fingerprint density at radius 2 is 1.19 bits per heavy atom. The van der Waals surface area contributed by atoms with Crippen LogP contribution in [0.15, 0.2) is 84.9 Å². The fraction of sp³-hybridized carbons (Fsp3) is 0.182. The zero-order chi connectivity index (χ0) is 19.0. The Hall–Kier alpha value is -2.39. The fourth-order valence-corrected chi connectivity index (χ4v) is 3.62. The highest BCUT2D eigenvalue weighted by Crippen LogP contribution is 2.49. The first-order chi connectivity index (χ1) is 13.1. The van der Waals surface area contributed by atoms with Gasteiger partial charge >= 0.3 is 7.60 Å². The van der Waals surface area contributed by atoms with Crippen LogP contribution in [0.25, 0.3) is 0 Å². The molecule has 5 heteroatoms. The summed E-state index contributed by atoms with van der Waals surface area (Å²) < 4.78 is 30.3. The molecular formula is C22H23O4P. The molecule has 27 heavy (non-hydrogen) atoms. The maximum Gasteiger partial charge on any atom is 0.368 e. The molecule has 3 rings (SSSR count). The fourth-order valence-electron chi connectivity index (χ4n) is 2.39. The van der Waals surface area contributed by atoms with Gasteiger partial charge in [-0.25, -0.2) is 0 Å². The summed E-state index contributed by atoms with van der Waals surface area (Å²) >= 11 is 0. The van der Waals surface area contributed by atoms with Crippen molar-refractivity contribution in [1.82, 2.24) is 0 Å². The van der Waals surface area contributed by atoms with Crippen molar-refractivity contribution in [2.24, 2.45) is 0 Å². The molecule has 0 saturated heterocycles. The quantitative estimate of drug-likeness (QED) is 0.429. The first-order valence-electron chi connectivity index (χ1n) is 8.78. The van der Waals surface area contributed by atoms with Crippen LogP contribution in [-0.2, 0) is 26.8 Å². The predicted octanol–water partition coefficient (Wildman–Crippen LogP) is 5.96. The lowest BCUT2D eigenvalue weighted by Gasteiger charge is -2.19. The maximum absolute atomic E-state index is 13.2. The molecule has 0 aliphatic rings. The Balaban J connectivity index is 1.66. The van der Waals surface area contributed by atoms with Crippen LogP contribution in [0.2, 0.25) is 0 Å². The van der Waals surface area contributed by atoms with E-state index in [1.165, 1.54) is 0 Å². The molecule has 0 N–H and O–H groups in total. The molecule has 0 atom stereocenters. The lowest BCUT2D eigenvalue weighted by Crippen LogP contribution is -2.06. The molecular weight excluding hydrogens is 359 g/mol. The van der Waals surface area contributed by atoms with Gasteiger partial charge in [-0.15, -0.1) is 0 Å². The van der Waals surface area contributed by atoms with E-state index in [1.807, 2.05) is 91.9 Å². The van der Waals surface area contributed by atoms with E-state index in [-0.39, 0.29) is 19.6 Å². The number of rotatable bonds is 9. The Morgan fingerprint density at radius 1 is 0.704 bits per heavy atom. The highest BCUT2D eigenvalue weighted by atomic mass is 31.2.